The zero-order valence-electron chi connectivity index (χ0n) is 12.5. The molecule has 1 aliphatic heterocycles. The van der Waals surface area contributed by atoms with Crippen molar-refractivity contribution in [3.63, 3.8) is 0 Å². The van der Waals surface area contributed by atoms with Crippen LogP contribution in [0.1, 0.15) is 39.2 Å². The molecule has 0 spiro atoms. The monoisotopic (exact) mass is 262 g/mol. The Labute approximate surface area is 116 Å². The van der Waals surface area contributed by atoms with Gasteiger partial charge in [0, 0.05) is 30.4 Å². The number of hydrogen-bond acceptors (Lipinski definition) is 3. The van der Waals surface area contributed by atoms with Crippen molar-refractivity contribution in [3.8, 4) is 0 Å². The lowest BCUT2D eigenvalue weighted by molar-refractivity contribution is 0.210. The molecule has 0 radical (unpaired) electrons. The van der Waals surface area contributed by atoms with Crippen LogP contribution >= 0.6 is 0 Å². The van der Waals surface area contributed by atoms with Crippen LogP contribution in [0.4, 0.5) is 5.69 Å². The van der Waals surface area contributed by atoms with E-state index in [2.05, 4.69) is 62.2 Å². The number of anilines is 1. The van der Waals surface area contributed by atoms with Gasteiger partial charge in [-0.05, 0) is 37.5 Å². The Morgan fingerprint density at radius 1 is 1.32 bits per heavy atom. The number of nitrogens with zero attached hydrogens (tertiary/aromatic N) is 1. The Hall–Kier alpha value is -1.06. The predicted molar refractivity (Wildman–Crippen MR) is 80.8 cm³/mol. The van der Waals surface area contributed by atoms with Crippen molar-refractivity contribution in [2.24, 2.45) is 0 Å². The standard InChI is InChI=1S/C16H26N2O/c1-12(2)13-5-7-15(8-6-13)18-9-14(10-19)17-11-16(18,3)4/h5-8,12,14,17,19H,9-11H2,1-4H3. The van der Waals surface area contributed by atoms with Gasteiger partial charge in [-0.2, -0.15) is 0 Å². The molecule has 3 nitrogen and oxygen atoms in total. The molecule has 2 N–H and O–H groups in total. The van der Waals surface area contributed by atoms with Crippen LogP contribution in [0.25, 0.3) is 0 Å². The summed E-state index contributed by atoms with van der Waals surface area (Å²) in [6, 6.07) is 9.00. The summed E-state index contributed by atoms with van der Waals surface area (Å²) < 4.78 is 0. The topological polar surface area (TPSA) is 35.5 Å². The Morgan fingerprint density at radius 3 is 2.47 bits per heavy atom. The predicted octanol–water partition coefficient (Wildman–Crippen LogP) is 2.36. The van der Waals surface area contributed by atoms with E-state index < -0.39 is 0 Å². The molecule has 3 heteroatoms. The van der Waals surface area contributed by atoms with Gasteiger partial charge in [-0.3, -0.25) is 0 Å². The summed E-state index contributed by atoms with van der Waals surface area (Å²) in [4.78, 5) is 2.40. The highest BCUT2D eigenvalue weighted by atomic mass is 16.3. The van der Waals surface area contributed by atoms with E-state index in [-0.39, 0.29) is 18.2 Å². The van der Waals surface area contributed by atoms with Crippen LogP contribution in [0, 0.1) is 0 Å². The van der Waals surface area contributed by atoms with Gasteiger partial charge in [0.2, 0.25) is 0 Å². The van der Waals surface area contributed by atoms with Gasteiger partial charge in [0.25, 0.3) is 0 Å². The SMILES string of the molecule is CC(C)c1ccc(N2CC(CO)NCC2(C)C)cc1. The van der Waals surface area contributed by atoms with Gasteiger partial charge >= 0.3 is 0 Å². The number of hydrogen-bond donors (Lipinski definition) is 2. The van der Waals surface area contributed by atoms with E-state index in [1.165, 1.54) is 11.3 Å². The molecule has 0 amide bonds. The molecule has 1 atom stereocenters. The molecule has 1 saturated heterocycles. The number of aliphatic hydroxyl groups is 1. The van der Waals surface area contributed by atoms with E-state index in [0.29, 0.717) is 5.92 Å². The molecule has 1 aliphatic rings. The molecular formula is C16H26N2O. The zero-order valence-corrected chi connectivity index (χ0v) is 12.5. The van der Waals surface area contributed by atoms with E-state index >= 15 is 0 Å². The lowest BCUT2D eigenvalue weighted by atomic mass is 9.95. The highest BCUT2D eigenvalue weighted by Gasteiger charge is 2.33. The Kier molecular flexibility index (Phi) is 4.16. The molecular weight excluding hydrogens is 236 g/mol. The smallest absolute Gasteiger partial charge is 0.0601 e. The second-order valence-electron chi connectivity index (χ2n) is 6.43. The summed E-state index contributed by atoms with van der Waals surface area (Å²) in [5.74, 6) is 0.565. The Morgan fingerprint density at radius 2 is 1.95 bits per heavy atom. The van der Waals surface area contributed by atoms with Crippen molar-refractivity contribution >= 4 is 5.69 Å². The third-order valence-electron chi connectivity index (χ3n) is 4.05. The summed E-state index contributed by atoms with van der Waals surface area (Å²) in [5.41, 5.74) is 2.69. The molecule has 1 fully saturated rings. The summed E-state index contributed by atoms with van der Waals surface area (Å²) >= 11 is 0. The Bertz CT molecular complexity index is 411. The largest absolute Gasteiger partial charge is 0.395 e. The molecule has 0 aromatic heterocycles. The highest BCUT2D eigenvalue weighted by molar-refractivity contribution is 5.51. The molecule has 106 valence electrons. The van der Waals surface area contributed by atoms with Crippen molar-refractivity contribution < 1.29 is 5.11 Å². The summed E-state index contributed by atoms with van der Waals surface area (Å²) in [6.45, 7) is 10.8. The van der Waals surface area contributed by atoms with Gasteiger partial charge < -0.3 is 15.3 Å². The zero-order chi connectivity index (χ0) is 14.0. The fourth-order valence-corrected chi connectivity index (χ4v) is 2.64. The van der Waals surface area contributed by atoms with Gasteiger partial charge in [-0.25, -0.2) is 0 Å². The quantitative estimate of drug-likeness (QED) is 0.878. The van der Waals surface area contributed by atoms with Crippen LogP contribution in [0.2, 0.25) is 0 Å². The van der Waals surface area contributed by atoms with Crippen LogP contribution in [0.5, 0.6) is 0 Å². The second-order valence-corrected chi connectivity index (χ2v) is 6.43. The average Bonchev–Trinajstić information content (AvgIpc) is 2.39. The molecule has 2 rings (SSSR count). The van der Waals surface area contributed by atoms with Gasteiger partial charge in [0.15, 0.2) is 0 Å². The van der Waals surface area contributed by atoms with Crippen molar-refractivity contribution in [3.05, 3.63) is 29.8 Å². The van der Waals surface area contributed by atoms with E-state index in [4.69, 9.17) is 0 Å². The van der Waals surface area contributed by atoms with Gasteiger partial charge in [-0.15, -0.1) is 0 Å². The van der Waals surface area contributed by atoms with Crippen LogP contribution in [-0.4, -0.2) is 36.4 Å². The first-order chi connectivity index (χ1) is 8.94. The van der Waals surface area contributed by atoms with Gasteiger partial charge in [0.1, 0.15) is 0 Å². The maximum Gasteiger partial charge on any atom is 0.0601 e. The van der Waals surface area contributed by atoms with Gasteiger partial charge in [0.05, 0.1) is 6.61 Å². The molecule has 19 heavy (non-hydrogen) atoms. The lowest BCUT2D eigenvalue weighted by Gasteiger charge is -2.47. The molecule has 1 unspecified atom stereocenters. The second kappa shape index (κ2) is 5.51. The first kappa shape index (κ1) is 14.4. The molecule has 0 saturated carbocycles. The van der Waals surface area contributed by atoms with Gasteiger partial charge in [-0.1, -0.05) is 26.0 Å². The maximum absolute atomic E-state index is 9.35. The molecule has 0 bridgehead atoms. The third kappa shape index (κ3) is 3.10. The van der Waals surface area contributed by atoms with E-state index in [1.807, 2.05) is 0 Å². The minimum Gasteiger partial charge on any atom is -0.395 e. The van der Waals surface area contributed by atoms with E-state index in [9.17, 15) is 5.11 Å². The van der Waals surface area contributed by atoms with Crippen LogP contribution in [-0.2, 0) is 0 Å². The van der Waals surface area contributed by atoms with Crippen molar-refractivity contribution in [1.82, 2.24) is 5.32 Å². The number of rotatable bonds is 3. The first-order valence-electron chi connectivity index (χ1n) is 7.16. The van der Waals surface area contributed by atoms with E-state index in [0.717, 1.165) is 13.1 Å². The van der Waals surface area contributed by atoms with Crippen LogP contribution in [0.3, 0.4) is 0 Å². The summed E-state index contributed by atoms with van der Waals surface area (Å²) in [6.07, 6.45) is 0. The average molecular weight is 262 g/mol. The van der Waals surface area contributed by atoms with Crippen molar-refractivity contribution in [2.75, 3.05) is 24.6 Å². The van der Waals surface area contributed by atoms with E-state index in [1.54, 1.807) is 0 Å². The minimum absolute atomic E-state index is 0.0744. The number of aliphatic hydroxyl groups excluding tert-OH is 1. The summed E-state index contributed by atoms with van der Waals surface area (Å²) in [5, 5.41) is 12.8. The summed E-state index contributed by atoms with van der Waals surface area (Å²) in [7, 11) is 0. The fraction of sp³-hybridized carbons (Fsp3) is 0.625. The van der Waals surface area contributed by atoms with Crippen molar-refractivity contribution in [2.45, 2.75) is 45.2 Å². The number of benzene rings is 1. The van der Waals surface area contributed by atoms with Crippen LogP contribution in [0.15, 0.2) is 24.3 Å². The third-order valence-corrected chi connectivity index (χ3v) is 4.05. The number of piperazine rings is 1. The normalized spacial score (nSPS) is 22.8. The lowest BCUT2D eigenvalue weighted by Crippen LogP contribution is -2.63. The van der Waals surface area contributed by atoms with Crippen molar-refractivity contribution in [1.29, 1.82) is 0 Å². The fourth-order valence-electron chi connectivity index (χ4n) is 2.64. The molecule has 1 heterocycles. The Balaban J connectivity index is 2.22. The highest BCUT2D eigenvalue weighted by Crippen LogP contribution is 2.28. The van der Waals surface area contributed by atoms with Crippen LogP contribution < -0.4 is 10.2 Å². The maximum atomic E-state index is 9.35. The minimum atomic E-state index is 0.0744. The molecule has 1 aromatic rings. The first-order valence-corrected chi connectivity index (χ1v) is 7.16. The number of nitrogens with one attached hydrogen (secondary N) is 1. The molecule has 0 aliphatic carbocycles. The molecule has 1 aromatic carbocycles.